The highest BCUT2D eigenvalue weighted by molar-refractivity contribution is 6.30. The van der Waals surface area contributed by atoms with Gasteiger partial charge in [-0.05, 0) is 37.3 Å². The van der Waals surface area contributed by atoms with Crippen LogP contribution in [-0.2, 0) is 0 Å². The van der Waals surface area contributed by atoms with Gasteiger partial charge in [0.1, 0.15) is 17.3 Å². The second kappa shape index (κ2) is 4.82. The highest BCUT2D eigenvalue weighted by Gasteiger charge is 2.17. The summed E-state index contributed by atoms with van der Waals surface area (Å²) in [7, 11) is 1.60. The molecule has 0 bridgehead atoms. The quantitative estimate of drug-likeness (QED) is 0.911. The number of methoxy groups -OCH3 is 1. The summed E-state index contributed by atoms with van der Waals surface area (Å²) in [5.41, 5.74) is 6.96. The summed E-state index contributed by atoms with van der Waals surface area (Å²) in [6.07, 6.45) is 0. The lowest BCUT2D eigenvalue weighted by Crippen LogP contribution is -2.12. The summed E-state index contributed by atoms with van der Waals surface area (Å²) in [6.45, 7) is 1.88. The van der Waals surface area contributed by atoms with Gasteiger partial charge < -0.3 is 14.9 Å². The molecule has 0 saturated carbocycles. The third-order valence-electron chi connectivity index (χ3n) is 2.59. The Kier molecular flexibility index (Phi) is 3.41. The third-order valence-corrected chi connectivity index (χ3v) is 2.83. The smallest absolute Gasteiger partial charge is 0.125 e. The molecule has 2 aromatic rings. The number of hydrogen-bond donors (Lipinski definition) is 1. The first-order valence-corrected chi connectivity index (χ1v) is 5.65. The van der Waals surface area contributed by atoms with Gasteiger partial charge in [0.25, 0.3) is 0 Å². The van der Waals surface area contributed by atoms with Gasteiger partial charge in [-0.1, -0.05) is 11.6 Å². The van der Waals surface area contributed by atoms with Crippen molar-refractivity contribution < 1.29 is 9.15 Å². The van der Waals surface area contributed by atoms with Crippen molar-refractivity contribution in [3.63, 3.8) is 0 Å². The molecular formula is C13H14ClNO2. The minimum absolute atomic E-state index is 0.377. The zero-order valence-electron chi connectivity index (χ0n) is 9.74. The average molecular weight is 252 g/mol. The van der Waals surface area contributed by atoms with E-state index in [1.165, 1.54) is 0 Å². The maximum absolute atomic E-state index is 6.14. The Hall–Kier alpha value is -1.45. The first kappa shape index (κ1) is 12.0. The number of benzene rings is 1. The highest BCUT2D eigenvalue weighted by atomic mass is 35.5. The van der Waals surface area contributed by atoms with Crippen LogP contribution < -0.4 is 10.5 Å². The van der Waals surface area contributed by atoms with Crippen LogP contribution >= 0.6 is 11.6 Å². The van der Waals surface area contributed by atoms with Gasteiger partial charge in [-0.15, -0.1) is 0 Å². The molecule has 0 radical (unpaired) electrons. The molecule has 0 aliphatic rings. The lowest BCUT2D eigenvalue weighted by molar-refractivity contribution is 0.401. The molecule has 2 N–H and O–H groups in total. The van der Waals surface area contributed by atoms with Gasteiger partial charge in [0.2, 0.25) is 0 Å². The van der Waals surface area contributed by atoms with Crippen LogP contribution in [0.3, 0.4) is 0 Å². The molecule has 0 amide bonds. The van der Waals surface area contributed by atoms with E-state index in [9.17, 15) is 0 Å². The summed E-state index contributed by atoms with van der Waals surface area (Å²) in [4.78, 5) is 0. The third kappa shape index (κ3) is 2.46. The van der Waals surface area contributed by atoms with Gasteiger partial charge in [0.05, 0.1) is 13.2 Å². The van der Waals surface area contributed by atoms with E-state index in [2.05, 4.69) is 0 Å². The molecule has 0 saturated heterocycles. The number of halogens is 1. The van der Waals surface area contributed by atoms with E-state index in [-0.39, 0.29) is 6.04 Å². The van der Waals surface area contributed by atoms with Crippen molar-refractivity contribution in [1.29, 1.82) is 0 Å². The standard InChI is InChI=1S/C13H14ClNO2/c1-8-3-5-12(17-8)13(15)10-7-9(14)4-6-11(10)16-2/h3-7,13H,15H2,1-2H3. The van der Waals surface area contributed by atoms with Crippen LogP contribution in [-0.4, -0.2) is 7.11 Å². The van der Waals surface area contributed by atoms with Crippen molar-refractivity contribution in [2.24, 2.45) is 5.73 Å². The van der Waals surface area contributed by atoms with E-state index in [4.69, 9.17) is 26.5 Å². The average Bonchev–Trinajstić information content (AvgIpc) is 2.75. The molecule has 0 aliphatic heterocycles. The Morgan fingerprint density at radius 1 is 1.29 bits per heavy atom. The molecule has 1 heterocycles. The SMILES string of the molecule is COc1ccc(Cl)cc1C(N)c1ccc(C)o1. The van der Waals surface area contributed by atoms with E-state index < -0.39 is 0 Å². The Balaban J connectivity index is 2.42. The minimum Gasteiger partial charge on any atom is -0.496 e. The molecule has 17 heavy (non-hydrogen) atoms. The van der Waals surface area contributed by atoms with Crippen LogP contribution in [0.15, 0.2) is 34.7 Å². The largest absolute Gasteiger partial charge is 0.496 e. The fourth-order valence-corrected chi connectivity index (χ4v) is 1.90. The fourth-order valence-electron chi connectivity index (χ4n) is 1.72. The van der Waals surface area contributed by atoms with Gasteiger partial charge in [0, 0.05) is 10.6 Å². The number of rotatable bonds is 3. The molecule has 1 atom stereocenters. The predicted octanol–water partition coefficient (Wildman–Crippen LogP) is 3.30. The van der Waals surface area contributed by atoms with Crippen molar-refractivity contribution in [3.05, 3.63) is 52.4 Å². The predicted molar refractivity (Wildman–Crippen MR) is 67.5 cm³/mol. The fraction of sp³-hybridized carbons (Fsp3) is 0.231. The van der Waals surface area contributed by atoms with Gasteiger partial charge in [-0.25, -0.2) is 0 Å². The summed E-state index contributed by atoms with van der Waals surface area (Å²) >= 11 is 5.97. The maximum Gasteiger partial charge on any atom is 0.125 e. The zero-order chi connectivity index (χ0) is 12.4. The lowest BCUT2D eigenvalue weighted by atomic mass is 10.0. The molecule has 0 aliphatic carbocycles. The Bertz CT molecular complexity index is 522. The number of ether oxygens (including phenoxy) is 1. The van der Waals surface area contributed by atoms with E-state index in [1.807, 2.05) is 19.1 Å². The number of furan rings is 1. The van der Waals surface area contributed by atoms with Gasteiger partial charge in [0.15, 0.2) is 0 Å². The van der Waals surface area contributed by atoms with Gasteiger partial charge in [-0.3, -0.25) is 0 Å². The number of aryl methyl sites for hydroxylation is 1. The molecule has 3 nitrogen and oxygen atoms in total. The normalized spacial score (nSPS) is 12.5. The summed E-state index contributed by atoms with van der Waals surface area (Å²) in [5.74, 6) is 2.23. The van der Waals surface area contributed by atoms with E-state index in [0.29, 0.717) is 16.5 Å². The van der Waals surface area contributed by atoms with Gasteiger partial charge in [-0.2, -0.15) is 0 Å². The zero-order valence-corrected chi connectivity index (χ0v) is 10.5. The number of hydrogen-bond acceptors (Lipinski definition) is 3. The Morgan fingerprint density at radius 3 is 2.65 bits per heavy atom. The van der Waals surface area contributed by atoms with E-state index in [0.717, 1.165) is 11.3 Å². The second-order valence-electron chi connectivity index (χ2n) is 3.81. The van der Waals surface area contributed by atoms with Crippen molar-refractivity contribution in [2.45, 2.75) is 13.0 Å². The summed E-state index contributed by atoms with van der Waals surface area (Å²) in [5, 5.41) is 0.625. The molecule has 2 rings (SSSR count). The minimum atomic E-state index is -0.377. The van der Waals surface area contributed by atoms with Crippen LogP contribution in [0.2, 0.25) is 5.02 Å². The topological polar surface area (TPSA) is 48.4 Å². The Morgan fingerprint density at radius 2 is 2.06 bits per heavy atom. The van der Waals surface area contributed by atoms with Crippen LogP contribution in [0, 0.1) is 6.92 Å². The maximum atomic E-state index is 6.14. The molecule has 1 aromatic carbocycles. The van der Waals surface area contributed by atoms with Crippen LogP contribution in [0.25, 0.3) is 0 Å². The highest BCUT2D eigenvalue weighted by Crippen LogP contribution is 2.31. The van der Waals surface area contributed by atoms with Crippen LogP contribution in [0.1, 0.15) is 23.1 Å². The first-order valence-electron chi connectivity index (χ1n) is 5.27. The van der Waals surface area contributed by atoms with Gasteiger partial charge >= 0.3 is 0 Å². The van der Waals surface area contributed by atoms with Crippen molar-refractivity contribution in [2.75, 3.05) is 7.11 Å². The van der Waals surface area contributed by atoms with Crippen molar-refractivity contribution in [1.82, 2.24) is 0 Å². The second-order valence-corrected chi connectivity index (χ2v) is 4.25. The monoisotopic (exact) mass is 251 g/mol. The van der Waals surface area contributed by atoms with E-state index >= 15 is 0 Å². The molecule has 0 fully saturated rings. The first-order chi connectivity index (χ1) is 8.11. The molecule has 1 unspecified atom stereocenters. The van der Waals surface area contributed by atoms with E-state index in [1.54, 1.807) is 25.3 Å². The van der Waals surface area contributed by atoms with Crippen LogP contribution in [0.5, 0.6) is 5.75 Å². The Labute approximate surface area is 105 Å². The summed E-state index contributed by atoms with van der Waals surface area (Å²) in [6, 6.07) is 8.73. The van der Waals surface area contributed by atoms with Crippen LogP contribution in [0.4, 0.5) is 0 Å². The molecule has 1 aromatic heterocycles. The molecule has 4 heteroatoms. The lowest BCUT2D eigenvalue weighted by Gasteiger charge is -2.14. The summed E-state index contributed by atoms with van der Waals surface area (Å²) < 4.78 is 10.8. The molecule has 90 valence electrons. The molecule has 0 spiro atoms. The number of nitrogens with two attached hydrogens (primary N) is 1. The molecular weight excluding hydrogens is 238 g/mol. The van der Waals surface area contributed by atoms with Crippen molar-refractivity contribution >= 4 is 11.6 Å². The van der Waals surface area contributed by atoms with Crippen molar-refractivity contribution in [3.8, 4) is 5.75 Å².